The van der Waals surface area contributed by atoms with Crippen LogP contribution in [-0.4, -0.2) is 33.6 Å². The molecule has 0 unspecified atom stereocenters. The lowest BCUT2D eigenvalue weighted by Gasteiger charge is -2.25. The molecule has 1 saturated carbocycles. The van der Waals surface area contributed by atoms with Gasteiger partial charge in [-0.25, -0.2) is 16.8 Å². The molecule has 2 bridgehead atoms. The fraction of sp³-hybridized carbons (Fsp3) is 0.765. The van der Waals surface area contributed by atoms with Crippen molar-refractivity contribution >= 4 is 19.7 Å². The third-order valence-corrected chi connectivity index (χ3v) is 8.71. The predicted octanol–water partition coefficient (Wildman–Crippen LogP) is 3.12. The summed E-state index contributed by atoms with van der Waals surface area (Å²) in [5, 5.41) is 0.825. The number of unbranched alkanes of at least 4 members (excludes halogenated alkanes) is 2. The summed E-state index contributed by atoms with van der Waals surface area (Å²) in [6, 6.07) is 0. The summed E-state index contributed by atoms with van der Waals surface area (Å²) in [5.74, 6) is 0.374. The first-order chi connectivity index (χ1) is 10.8. The summed E-state index contributed by atoms with van der Waals surface area (Å²) >= 11 is 0. The second kappa shape index (κ2) is 7.51. The molecule has 2 aliphatic carbocycles. The van der Waals surface area contributed by atoms with E-state index in [1.165, 1.54) is 5.41 Å². The van der Waals surface area contributed by atoms with Crippen molar-refractivity contribution in [3.05, 3.63) is 23.6 Å². The minimum absolute atomic E-state index is 0.0508. The van der Waals surface area contributed by atoms with Crippen LogP contribution in [0.25, 0.3) is 0 Å². The van der Waals surface area contributed by atoms with Crippen molar-refractivity contribution in [2.24, 2.45) is 17.8 Å². The molecule has 0 aromatic heterocycles. The zero-order valence-electron chi connectivity index (χ0n) is 14.0. The molecule has 1 fully saturated rings. The van der Waals surface area contributed by atoms with Gasteiger partial charge in [-0.05, 0) is 31.1 Å². The number of allylic oxidation sites excluding steroid dienone is 3. The zero-order valence-corrected chi connectivity index (χ0v) is 15.7. The maximum absolute atomic E-state index is 12.7. The first-order valence-corrected chi connectivity index (χ1v) is 12.0. The van der Waals surface area contributed by atoms with Crippen molar-refractivity contribution in [3.8, 4) is 0 Å². The van der Waals surface area contributed by atoms with Crippen molar-refractivity contribution in [2.75, 3.05) is 11.5 Å². The van der Waals surface area contributed by atoms with Gasteiger partial charge >= 0.3 is 0 Å². The van der Waals surface area contributed by atoms with Crippen LogP contribution in [0.3, 0.4) is 0 Å². The monoisotopic (exact) mass is 360 g/mol. The highest BCUT2D eigenvalue weighted by Gasteiger charge is 2.49. The van der Waals surface area contributed by atoms with Gasteiger partial charge in [0.25, 0.3) is 0 Å². The van der Waals surface area contributed by atoms with Crippen LogP contribution in [0.15, 0.2) is 23.6 Å². The number of fused-ring (bicyclic) bond motifs is 2. The highest BCUT2D eigenvalue weighted by molar-refractivity contribution is 7.94. The molecule has 0 spiro atoms. The van der Waals surface area contributed by atoms with Crippen molar-refractivity contribution < 1.29 is 16.8 Å². The average molecular weight is 361 g/mol. The predicted molar refractivity (Wildman–Crippen MR) is 94.5 cm³/mol. The van der Waals surface area contributed by atoms with E-state index in [2.05, 4.69) is 6.08 Å². The summed E-state index contributed by atoms with van der Waals surface area (Å²) in [7, 11) is -6.42. The molecule has 0 aromatic carbocycles. The third kappa shape index (κ3) is 4.47. The van der Waals surface area contributed by atoms with E-state index in [9.17, 15) is 16.8 Å². The van der Waals surface area contributed by atoms with E-state index in [1.54, 1.807) is 6.08 Å². The Balaban J connectivity index is 2.18. The van der Waals surface area contributed by atoms with Crippen molar-refractivity contribution in [2.45, 2.75) is 51.2 Å². The number of hydrogen-bond donors (Lipinski definition) is 0. The van der Waals surface area contributed by atoms with Gasteiger partial charge in [-0.1, -0.05) is 44.9 Å². The number of hydrogen-bond acceptors (Lipinski definition) is 4. The van der Waals surface area contributed by atoms with Gasteiger partial charge in [-0.15, -0.1) is 0 Å². The van der Waals surface area contributed by atoms with Crippen LogP contribution >= 0.6 is 0 Å². The van der Waals surface area contributed by atoms with Gasteiger partial charge in [0.15, 0.2) is 19.7 Å². The van der Waals surface area contributed by atoms with Gasteiger partial charge in [-0.3, -0.25) is 0 Å². The third-order valence-electron chi connectivity index (χ3n) is 4.93. The van der Waals surface area contributed by atoms with Crippen molar-refractivity contribution in [3.63, 3.8) is 0 Å². The molecule has 0 radical (unpaired) electrons. The van der Waals surface area contributed by atoms with E-state index in [1.807, 2.05) is 19.9 Å². The van der Waals surface area contributed by atoms with E-state index >= 15 is 0 Å². The summed E-state index contributed by atoms with van der Waals surface area (Å²) in [5.41, 5.74) is 0. The van der Waals surface area contributed by atoms with E-state index < -0.39 is 24.9 Å². The zero-order chi connectivity index (χ0) is 17.1. The maximum Gasteiger partial charge on any atom is 0.171 e. The van der Waals surface area contributed by atoms with E-state index in [0.717, 1.165) is 19.3 Å². The maximum atomic E-state index is 12.7. The van der Waals surface area contributed by atoms with E-state index in [-0.39, 0.29) is 29.3 Å². The number of sulfone groups is 2. The molecule has 2 rings (SSSR count). The molecule has 6 heteroatoms. The Morgan fingerprint density at radius 3 is 2.22 bits per heavy atom. The second-order valence-electron chi connectivity index (χ2n) is 6.76. The first kappa shape index (κ1) is 18.7. The molecular formula is C17H28O4S2. The molecule has 0 amide bonds. The standard InChI is InChI=1S/C17H28O4S2/c1-3-5-10-22(18,19)12-9-16-14-7-8-15(13-14)17(16)23(20,21)11-6-4-2/h7-9,12,14-17H,3-6,10-11,13H2,1-2H3/b12-9-/t14-,15+,16+,17+/m1/s1. The van der Waals surface area contributed by atoms with Gasteiger partial charge in [0, 0.05) is 11.3 Å². The lowest BCUT2D eigenvalue weighted by atomic mass is 9.93. The summed E-state index contributed by atoms with van der Waals surface area (Å²) in [4.78, 5) is 0. The summed E-state index contributed by atoms with van der Waals surface area (Å²) in [6.07, 6.45) is 9.55. The molecule has 2 aliphatic rings. The molecule has 0 saturated heterocycles. The van der Waals surface area contributed by atoms with Crippen molar-refractivity contribution in [1.82, 2.24) is 0 Å². The SMILES string of the molecule is CCCCS(=O)(=O)/C=C\[C@@H]1[C@@H](S(=O)(=O)CCCC)[C@H]2C=C[C@@H]1C2. The van der Waals surface area contributed by atoms with Gasteiger partial charge in [-0.2, -0.15) is 0 Å². The minimum Gasteiger partial charge on any atom is -0.229 e. The fourth-order valence-corrected chi connectivity index (χ4v) is 7.40. The highest BCUT2D eigenvalue weighted by Crippen LogP contribution is 2.48. The van der Waals surface area contributed by atoms with Crippen molar-refractivity contribution in [1.29, 1.82) is 0 Å². The Hall–Kier alpha value is -0.620. The Bertz CT molecular complexity index is 659. The molecule has 0 aromatic rings. The molecule has 4 nitrogen and oxygen atoms in total. The molecule has 4 atom stereocenters. The Kier molecular flexibility index (Phi) is 6.11. The quantitative estimate of drug-likeness (QED) is 0.593. The first-order valence-electron chi connectivity index (χ1n) is 8.61. The van der Waals surface area contributed by atoms with Crippen LogP contribution in [0.2, 0.25) is 0 Å². The smallest absolute Gasteiger partial charge is 0.171 e. The van der Waals surface area contributed by atoms with Crippen LogP contribution < -0.4 is 0 Å². The topological polar surface area (TPSA) is 68.3 Å². The minimum atomic E-state index is -3.23. The van der Waals surface area contributed by atoms with E-state index in [4.69, 9.17) is 0 Å². The fourth-order valence-electron chi connectivity index (χ4n) is 3.68. The van der Waals surface area contributed by atoms with Crippen LogP contribution in [0.4, 0.5) is 0 Å². The Morgan fingerprint density at radius 2 is 1.57 bits per heavy atom. The second-order valence-corrected chi connectivity index (χ2v) is 11.0. The number of rotatable bonds is 9. The highest BCUT2D eigenvalue weighted by atomic mass is 32.2. The van der Waals surface area contributed by atoms with Crippen LogP contribution in [0.5, 0.6) is 0 Å². The van der Waals surface area contributed by atoms with Crippen LogP contribution in [0, 0.1) is 17.8 Å². The Labute approximate surface area is 140 Å². The average Bonchev–Trinajstić information content (AvgIpc) is 3.10. The van der Waals surface area contributed by atoms with E-state index in [0.29, 0.717) is 12.8 Å². The van der Waals surface area contributed by atoms with Crippen LogP contribution in [-0.2, 0) is 19.7 Å². The lowest BCUT2D eigenvalue weighted by Crippen LogP contribution is -2.34. The molecule has 23 heavy (non-hydrogen) atoms. The Morgan fingerprint density at radius 1 is 0.957 bits per heavy atom. The largest absolute Gasteiger partial charge is 0.229 e. The van der Waals surface area contributed by atoms with Gasteiger partial charge < -0.3 is 0 Å². The summed E-state index contributed by atoms with van der Waals surface area (Å²) in [6.45, 7) is 3.93. The molecule has 132 valence electrons. The molecular weight excluding hydrogens is 332 g/mol. The molecule has 0 N–H and O–H groups in total. The van der Waals surface area contributed by atoms with Gasteiger partial charge in [0.1, 0.15) is 0 Å². The molecule has 0 heterocycles. The normalized spacial score (nSPS) is 30.5. The molecule has 0 aliphatic heterocycles. The van der Waals surface area contributed by atoms with Gasteiger partial charge in [0.2, 0.25) is 0 Å². The summed E-state index contributed by atoms with van der Waals surface area (Å²) < 4.78 is 49.4. The lowest BCUT2D eigenvalue weighted by molar-refractivity contribution is 0.513. The van der Waals surface area contributed by atoms with Gasteiger partial charge in [0.05, 0.1) is 16.8 Å². The van der Waals surface area contributed by atoms with Crippen LogP contribution in [0.1, 0.15) is 46.0 Å².